The topological polar surface area (TPSA) is 58.6 Å². The van der Waals surface area contributed by atoms with Gasteiger partial charge in [-0.1, -0.05) is 32.0 Å². The number of benzene rings is 1. The number of nitrogens with one attached hydrogen (secondary N) is 1. The second-order valence-corrected chi connectivity index (χ2v) is 4.95. The Bertz CT molecular complexity index is 492. The van der Waals surface area contributed by atoms with Gasteiger partial charge in [-0.25, -0.2) is 4.79 Å². The van der Waals surface area contributed by atoms with Gasteiger partial charge in [0, 0.05) is 20.0 Å². The van der Waals surface area contributed by atoms with E-state index < -0.39 is 6.09 Å². The molecule has 1 N–H and O–H groups in total. The van der Waals surface area contributed by atoms with Crippen LogP contribution in [0, 0.1) is 0 Å². The van der Waals surface area contributed by atoms with E-state index in [0.29, 0.717) is 19.7 Å². The maximum absolute atomic E-state index is 12.1. The SMILES string of the molecule is CCOC(=O)NCCN(C(C)=O)c1c(CC)cccc1CC. The lowest BCUT2D eigenvalue weighted by atomic mass is 10.0. The van der Waals surface area contributed by atoms with E-state index in [2.05, 4.69) is 19.2 Å². The van der Waals surface area contributed by atoms with Crippen molar-refractivity contribution in [3.8, 4) is 0 Å². The Kier molecular flexibility index (Phi) is 7.43. The average Bonchev–Trinajstić information content (AvgIpc) is 2.50. The first-order chi connectivity index (χ1) is 10.5. The van der Waals surface area contributed by atoms with Crippen molar-refractivity contribution in [3.05, 3.63) is 29.3 Å². The number of rotatable bonds is 7. The average molecular weight is 306 g/mol. The lowest BCUT2D eigenvalue weighted by Crippen LogP contribution is -2.38. The van der Waals surface area contributed by atoms with Gasteiger partial charge in [0.2, 0.25) is 5.91 Å². The zero-order valence-electron chi connectivity index (χ0n) is 13.9. The normalized spacial score (nSPS) is 10.2. The van der Waals surface area contributed by atoms with E-state index >= 15 is 0 Å². The summed E-state index contributed by atoms with van der Waals surface area (Å²) in [7, 11) is 0. The maximum atomic E-state index is 12.1. The van der Waals surface area contributed by atoms with Crippen LogP contribution in [0.4, 0.5) is 10.5 Å². The van der Waals surface area contributed by atoms with Gasteiger partial charge < -0.3 is 15.0 Å². The Balaban J connectivity index is 2.92. The standard InChI is InChI=1S/C17H26N2O3/c1-5-14-9-8-10-15(6-2)16(14)19(13(4)20)12-11-18-17(21)22-7-3/h8-10H,5-7,11-12H2,1-4H3,(H,18,21). The molecular weight excluding hydrogens is 280 g/mol. The number of amides is 2. The fourth-order valence-electron chi connectivity index (χ4n) is 2.44. The van der Waals surface area contributed by atoms with Gasteiger partial charge in [0.05, 0.1) is 12.3 Å². The molecule has 0 radical (unpaired) electrons. The molecule has 122 valence electrons. The Morgan fingerprint density at radius 1 is 1.14 bits per heavy atom. The lowest BCUT2D eigenvalue weighted by Gasteiger charge is -2.26. The molecule has 0 spiro atoms. The summed E-state index contributed by atoms with van der Waals surface area (Å²) in [6.45, 7) is 8.59. The minimum atomic E-state index is -0.453. The van der Waals surface area contributed by atoms with E-state index in [1.165, 1.54) is 0 Å². The highest BCUT2D eigenvalue weighted by molar-refractivity contribution is 5.93. The first-order valence-electron chi connectivity index (χ1n) is 7.84. The zero-order chi connectivity index (χ0) is 16.5. The number of alkyl carbamates (subject to hydrolysis) is 1. The van der Waals surface area contributed by atoms with E-state index in [1.54, 1.807) is 18.7 Å². The largest absolute Gasteiger partial charge is 0.450 e. The van der Waals surface area contributed by atoms with Crippen LogP contribution in [0.25, 0.3) is 0 Å². The van der Waals surface area contributed by atoms with Crippen LogP contribution in [0.2, 0.25) is 0 Å². The summed E-state index contributed by atoms with van der Waals surface area (Å²) < 4.78 is 4.83. The molecule has 2 amide bonds. The second-order valence-electron chi connectivity index (χ2n) is 4.95. The Labute approximate surface area is 132 Å². The molecular formula is C17H26N2O3. The highest BCUT2D eigenvalue weighted by Crippen LogP contribution is 2.27. The van der Waals surface area contributed by atoms with Crippen molar-refractivity contribution in [1.29, 1.82) is 0 Å². The first kappa shape index (κ1) is 18.0. The molecule has 0 aliphatic rings. The number of nitrogens with zero attached hydrogens (tertiary/aromatic N) is 1. The predicted molar refractivity (Wildman–Crippen MR) is 88.2 cm³/mol. The van der Waals surface area contributed by atoms with Crippen LogP contribution in [0.3, 0.4) is 0 Å². The van der Waals surface area contributed by atoms with Gasteiger partial charge in [0.25, 0.3) is 0 Å². The number of ether oxygens (including phenoxy) is 1. The van der Waals surface area contributed by atoms with Gasteiger partial charge in [0.1, 0.15) is 0 Å². The first-order valence-corrected chi connectivity index (χ1v) is 7.84. The molecule has 0 heterocycles. The zero-order valence-corrected chi connectivity index (χ0v) is 13.9. The molecule has 5 nitrogen and oxygen atoms in total. The predicted octanol–water partition coefficient (Wildman–Crippen LogP) is 2.91. The van der Waals surface area contributed by atoms with Crippen molar-refractivity contribution in [1.82, 2.24) is 5.32 Å². The monoisotopic (exact) mass is 306 g/mol. The number of hydrogen-bond acceptors (Lipinski definition) is 3. The van der Waals surface area contributed by atoms with Crippen molar-refractivity contribution in [3.63, 3.8) is 0 Å². The van der Waals surface area contributed by atoms with Crippen molar-refractivity contribution in [2.24, 2.45) is 0 Å². The number of hydrogen-bond donors (Lipinski definition) is 1. The highest BCUT2D eigenvalue weighted by Gasteiger charge is 2.18. The van der Waals surface area contributed by atoms with Gasteiger partial charge in [-0.3, -0.25) is 4.79 Å². The van der Waals surface area contributed by atoms with Gasteiger partial charge in [-0.05, 0) is 30.9 Å². The number of anilines is 1. The molecule has 1 aromatic carbocycles. The van der Waals surface area contributed by atoms with Crippen molar-refractivity contribution in [2.75, 3.05) is 24.6 Å². The van der Waals surface area contributed by atoms with E-state index in [4.69, 9.17) is 4.74 Å². The molecule has 0 bridgehead atoms. The Morgan fingerprint density at radius 2 is 1.73 bits per heavy atom. The highest BCUT2D eigenvalue weighted by atomic mass is 16.5. The van der Waals surface area contributed by atoms with Gasteiger partial charge >= 0.3 is 6.09 Å². The Hall–Kier alpha value is -2.04. The minimum Gasteiger partial charge on any atom is -0.450 e. The number of aryl methyl sites for hydroxylation is 2. The summed E-state index contributed by atoms with van der Waals surface area (Å²) in [5.74, 6) is -0.0266. The van der Waals surface area contributed by atoms with E-state index in [0.717, 1.165) is 29.7 Å². The lowest BCUT2D eigenvalue weighted by molar-refractivity contribution is -0.116. The molecule has 0 aromatic heterocycles. The van der Waals surface area contributed by atoms with Gasteiger partial charge in [-0.15, -0.1) is 0 Å². The molecule has 0 atom stereocenters. The molecule has 1 aromatic rings. The third-order valence-corrected chi connectivity index (χ3v) is 3.50. The third-order valence-electron chi connectivity index (χ3n) is 3.50. The van der Waals surface area contributed by atoms with Crippen LogP contribution in [0.5, 0.6) is 0 Å². The summed E-state index contributed by atoms with van der Waals surface area (Å²) >= 11 is 0. The number of carbonyl (C=O) groups is 2. The molecule has 0 fully saturated rings. The van der Waals surface area contributed by atoms with Crippen molar-refractivity contribution in [2.45, 2.75) is 40.5 Å². The van der Waals surface area contributed by atoms with Crippen LogP contribution in [0.1, 0.15) is 38.8 Å². The fraction of sp³-hybridized carbons (Fsp3) is 0.529. The quantitative estimate of drug-likeness (QED) is 0.842. The second kappa shape index (κ2) is 9.07. The molecule has 1 rings (SSSR count). The molecule has 5 heteroatoms. The number of para-hydroxylation sites is 1. The molecule has 0 unspecified atom stereocenters. The molecule has 0 saturated heterocycles. The smallest absolute Gasteiger partial charge is 0.407 e. The minimum absolute atomic E-state index is 0.0266. The summed E-state index contributed by atoms with van der Waals surface area (Å²) in [6, 6.07) is 6.11. The van der Waals surface area contributed by atoms with Crippen molar-refractivity contribution >= 4 is 17.7 Å². The summed E-state index contributed by atoms with van der Waals surface area (Å²) in [6.07, 6.45) is 1.27. The van der Waals surface area contributed by atoms with Crippen LogP contribution >= 0.6 is 0 Å². The fourth-order valence-corrected chi connectivity index (χ4v) is 2.44. The van der Waals surface area contributed by atoms with Crippen LogP contribution in [-0.2, 0) is 22.4 Å². The summed E-state index contributed by atoms with van der Waals surface area (Å²) in [4.78, 5) is 25.1. The van der Waals surface area contributed by atoms with Crippen LogP contribution in [-0.4, -0.2) is 31.7 Å². The Morgan fingerprint density at radius 3 is 2.18 bits per heavy atom. The van der Waals surface area contributed by atoms with Gasteiger partial charge in [-0.2, -0.15) is 0 Å². The molecule has 0 aliphatic carbocycles. The van der Waals surface area contributed by atoms with E-state index in [9.17, 15) is 9.59 Å². The van der Waals surface area contributed by atoms with Crippen LogP contribution in [0.15, 0.2) is 18.2 Å². The number of carbonyl (C=O) groups excluding carboxylic acids is 2. The van der Waals surface area contributed by atoms with Crippen molar-refractivity contribution < 1.29 is 14.3 Å². The molecule has 0 aliphatic heterocycles. The summed E-state index contributed by atoms with van der Waals surface area (Å²) in [5, 5.41) is 2.66. The summed E-state index contributed by atoms with van der Waals surface area (Å²) in [5.41, 5.74) is 3.27. The molecule has 0 saturated carbocycles. The van der Waals surface area contributed by atoms with Gasteiger partial charge in [0.15, 0.2) is 0 Å². The molecule has 22 heavy (non-hydrogen) atoms. The van der Waals surface area contributed by atoms with Crippen LogP contribution < -0.4 is 10.2 Å². The van der Waals surface area contributed by atoms with E-state index in [1.807, 2.05) is 18.2 Å². The maximum Gasteiger partial charge on any atom is 0.407 e. The third kappa shape index (κ3) is 4.76. The van der Waals surface area contributed by atoms with E-state index in [-0.39, 0.29) is 5.91 Å².